The Kier molecular flexibility index (Phi) is 4.94. The molecule has 2 N–H and O–H groups in total. The summed E-state index contributed by atoms with van der Waals surface area (Å²) in [6, 6.07) is 12.5. The van der Waals surface area contributed by atoms with E-state index in [1.165, 1.54) is 42.7 Å². The first-order chi connectivity index (χ1) is 13.5. The first-order valence-electron chi connectivity index (χ1n) is 9.87. The molecule has 6 nitrogen and oxygen atoms in total. The van der Waals surface area contributed by atoms with E-state index in [4.69, 9.17) is 0 Å². The van der Waals surface area contributed by atoms with Crippen molar-refractivity contribution in [3.05, 3.63) is 74.6 Å². The molecule has 0 amide bonds. The number of hydrogen-bond donors (Lipinski definition) is 2. The molecule has 6 heteroatoms. The van der Waals surface area contributed by atoms with Gasteiger partial charge >= 0.3 is 11.4 Å². The highest BCUT2D eigenvalue weighted by Gasteiger charge is 2.20. The van der Waals surface area contributed by atoms with Crippen molar-refractivity contribution in [1.29, 1.82) is 0 Å². The molecule has 4 rings (SSSR count). The van der Waals surface area contributed by atoms with Crippen LogP contribution < -0.4 is 11.4 Å². The predicted molar refractivity (Wildman–Crippen MR) is 109 cm³/mol. The molecule has 146 valence electrons. The minimum Gasteiger partial charge on any atom is -0.506 e. The maximum absolute atomic E-state index is 13.1. The van der Waals surface area contributed by atoms with Crippen LogP contribution in [-0.4, -0.2) is 19.5 Å². The van der Waals surface area contributed by atoms with Crippen LogP contribution in [0.4, 0.5) is 0 Å². The third kappa shape index (κ3) is 3.42. The van der Waals surface area contributed by atoms with Gasteiger partial charge in [-0.25, -0.2) is 19.3 Å². The normalized spacial score (nSPS) is 15.0. The zero-order valence-corrected chi connectivity index (χ0v) is 16.0. The van der Waals surface area contributed by atoms with E-state index in [9.17, 15) is 14.7 Å². The van der Waals surface area contributed by atoms with Crippen molar-refractivity contribution in [2.75, 3.05) is 0 Å². The molecule has 0 aliphatic heterocycles. The summed E-state index contributed by atoms with van der Waals surface area (Å²) < 4.78 is 2.28. The highest BCUT2D eigenvalue weighted by atomic mass is 16.3. The van der Waals surface area contributed by atoms with Gasteiger partial charge in [0.05, 0.1) is 5.69 Å². The Morgan fingerprint density at radius 3 is 2.57 bits per heavy atom. The summed E-state index contributed by atoms with van der Waals surface area (Å²) in [6.07, 6.45) is 7.03. The molecule has 1 saturated carbocycles. The lowest BCUT2D eigenvalue weighted by Crippen LogP contribution is -2.28. The van der Waals surface area contributed by atoms with Crippen LogP contribution in [0.1, 0.15) is 43.2 Å². The minimum atomic E-state index is -0.512. The average Bonchev–Trinajstić information content (AvgIpc) is 2.99. The van der Waals surface area contributed by atoms with E-state index in [0.717, 1.165) is 22.2 Å². The molecule has 1 aliphatic rings. The molecule has 0 unspecified atom stereocenters. The Morgan fingerprint density at radius 1 is 1.04 bits per heavy atom. The van der Waals surface area contributed by atoms with Gasteiger partial charge < -0.3 is 5.11 Å². The van der Waals surface area contributed by atoms with Crippen LogP contribution in [0.2, 0.25) is 0 Å². The molecule has 1 heterocycles. The number of aromatic amines is 1. The number of nitrogens with zero attached hydrogens (tertiary/aromatic N) is 2. The van der Waals surface area contributed by atoms with Crippen molar-refractivity contribution in [1.82, 2.24) is 14.3 Å². The lowest BCUT2D eigenvalue weighted by Gasteiger charge is -2.22. The van der Waals surface area contributed by atoms with Crippen LogP contribution in [0.5, 0.6) is 5.75 Å². The molecule has 28 heavy (non-hydrogen) atoms. The number of phenolic OH excluding ortho intramolecular Hbond substituents is 1. The van der Waals surface area contributed by atoms with Crippen molar-refractivity contribution >= 4 is 0 Å². The van der Waals surface area contributed by atoms with E-state index in [-0.39, 0.29) is 11.4 Å². The van der Waals surface area contributed by atoms with Gasteiger partial charge in [-0.2, -0.15) is 4.68 Å². The molecule has 1 aromatic heterocycles. The maximum atomic E-state index is 13.1. The summed E-state index contributed by atoms with van der Waals surface area (Å²) >= 11 is 0. The highest BCUT2D eigenvalue weighted by molar-refractivity contribution is 5.48. The largest absolute Gasteiger partial charge is 0.506 e. The van der Waals surface area contributed by atoms with Crippen molar-refractivity contribution < 1.29 is 5.11 Å². The summed E-state index contributed by atoms with van der Waals surface area (Å²) in [5.74, 6) is 0.532. The molecule has 1 fully saturated rings. The van der Waals surface area contributed by atoms with Crippen molar-refractivity contribution in [2.45, 2.75) is 45.4 Å². The topological polar surface area (TPSA) is 80.0 Å². The molecule has 3 aromatic rings. The molecule has 0 saturated heterocycles. The number of rotatable bonds is 4. The van der Waals surface area contributed by atoms with Crippen LogP contribution in [0.15, 0.2) is 52.1 Å². The molecule has 0 radical (unpaired) electrons. The van der Waals surface area contributed by atoms with Gasteiger partial charge in [0.25, 0.3) is 0 Å². The van der Waals surface area contributed by atoms with Crippen LogP contribution in [-0.2, 0) is 6.42 Å². The van der Waals surface area contributed by atoms with Gasteiger partial charge in [0.2, 0.25) is 0 Å². The maximum Gasteiger partial charge on any atom is 0.356 e. The number of nitrogens with one attached hydrogen (secondary N) is 1. The third-order valence-corrected chi connectivity index (χ3v) is 5.63. The summed E-state index contributed by atoms with van der Waals surface area (Å²) in [7, 11) is 0. The average molecular weight is 379 g/mol. The number of para-hydroxylation sites is 1. The molecule has 0 spiro atoms. The molecule has 0 atom stereocenters. The quantitative estimate of drug-likeness (QED) is 0.729. The van der Waals surface area contributed by atoms with Crippen molar-refractivity contribution in [2.24, 2.45) is 5.92 Å². The SMILES string of the molecule is Cc1ccc(O)c(-n2[nH]c(=O)n(-c3ccccc3CC3CCCCC3)c2=O)c1. The second-order valence-corrected chi connectivity index (χ2v) is 7.70. The molecule has 0 bridgehead atoms. The summed E-state index contributed by atoms with van der Waals surface area (Å²) in [5, 5.41) is 12.7. The Balaban J connectivity index is 1.79. The van der Waals surface area contributed by atoms with E-state index < -0.39 is 11.4 Å². The van der Waals surface area contributed by atoms with Gasteiger partial charge in [0.15, 0.2) is 0 Å². The van der Waals surface area contributed by atoms with Gasteiger partial charge in [-0.05, 0) is 48.6 Å². The second kappa shape index (κ2) is 7.54. The van der Waals surface area contributed by atoms with E-state index in [2.05, 4.69) is 5.10 Å². The van der Waals surface area contributed by atoms with Crippen LogP contribution >= 0.6 is 0 Å². The lowest BCUT2D eigenvalue weighted by atomic mass is 9.84. The number of hydrogen-bond acceptors (Lipinski definition) is 3. The molecule has 2 aromatic carbocycles. The van der Waals surface area contributed by atoms with E-state index >= 15 is 0 Å². The van der Waals surface area contributed by atoms with E-state index in [1.807, 2.05) is 31.2 Å². The third-order valence-electron chi connectivity index (χ3n) is 5.63. The van der Waals surface area contributed by atoms with Crippen molar-refractivity contribution in [3.63, 3.8) is 0 Å². The highest BCUT2D eigenvalue weighted by Crippen LogP contribution is 2.28. The standard InChI is InChI=1S/C22H25N3O3/c1-15-11-12-20(26)19(13-15)25-22(28)24(21(27)23-25)18-10-6-5-9-17(18)14-16-7-3-2-4-8-16/h5-6,9-13,16,26H,2-4,7-8,14H2,1H3,(H,23,27). The van der Waals surface area contributed by atoms with Gasteiger partial charge in [0.1, 0.15) is 11.4 Å². The van der Waals surface area contributed by atoms with Gasteiger partial charge in [0, 0.05) is 0 Å². The number of H-pyrrole nitrogens is 1. The smallest absolute Gasteiger partial charge is 0.356 e. The fourth-order valence-corrected chi connectivity index (χ4v) is 4.17. The number of phenols is 1. The Hall–Kier alpha value is -3.02. The first kappa shape index (κ1) is 18.3. The van der Waals surface area contributed by atoms with Gasteiger partial charge in [-0.3, -0.25) is 0 Å². The van der Waals surface area contributed by atoms with Crippen LogP contribution in [0.3, 0.4) is 0 Å². The Bertz CT molecular complexity index is 1100. The predicted octanol–water partition coefficient (Wildman–Crippen LogP) is 3.45. The van der Waals surface area contributed by atoms with Crippen LogP contribution in [0.25, 0.3) is 11.4 Å². The van der Waals surface area contributed by atoms with E-state index in [0.29, 0.717) is 11.6 Å². The van der Waals surface area contributed by atoms with Crippen LogP contribution in [0, 0.1) is 12.8 Å². The molecular formula is C22H25N3O3. The number of aromatic hydroxyl groups is 1. The first-order valence-corrected chi connectivity index (χ1v) is 9.87. The monoisotopic (exact) mass is 379 g/mol. The molecule has 1 aliphatic carbocycles. The van der Waals surface area contributed by atoms with Gasteiger partial charge in [-0.1, -0.05) is 56.4 Å². The molecular weight excluding hydrogens is 354 g/mol. The summed E-state index contributed by atoms with van der Waals surface area (Å²) in [4.78, 5) is 25.8. The summed E-state index contributed by atoms with van der Waals surface area (Å²) in [5.41, 5.74) is 1.75. The van der Waals surface area contributed by atoms with Crippen molar-refractivity contribution in [3.8, 4) is 17.1 Å². The fourth-order valence-electron chi connectivity index (χ4n) is 4.17. The Morgan fingerprint density at radius 2 is 1.79 bits per heavy atom. The zero-order chi connectivity index (χ0) is 19.7. The number of aromatic nitrogens is 3. The van der Waals surface area contributed by atoms with Gasteiger partial charge in [-0.15, -0.1) is 0 Å². The van der Waals surface area contributed by atoms with E-state index in [1.54, 1.807) is 12.1 Å². The number of aryl methyl sites for hydroxylation is 1. The summed E-state index contributed by atoms with van der Waals surface area (Å²) in [6.45, 7) is 1.86. The number of benzene rings is 2. The minimum absolute atomic E-state index is 0.0587. The second-order valence-electron chi connectivity index (χ2n) is 7.70. The fraction of sp³-hybridized carbons (Fsp3) is 0.364. The zero-order valence-electron chi connectivity index (χ0n) is 16.0. The lowest BCUT2D eigenvalue weighted by molar-refractivity contribution is 0.356. The Labute approximate surface area is 163 Å².